The fourth-order valence-electron chi connectivity index (χ4n) is 4.12. The van der Waals surface area contributed by atoms with E-state index < -0.39 is 0 Å². The van der Waals surface area contributed by atoms with Crippen LogP contribution in [-0.4, -0.2) is 51.4 Å². The van der Waals surface area contributed by atoms with Crippen LogP contribution >= 0.6 is 11.8 Å². The number of benzene rings is 1. The first-order valence-corrected chi connectivity index (χ1v) is 11.3. The van der Waals surface area contributed by atoms with Gasteiger partial charge in [-0.25, -0.2) is 9.97 Å². The highest BCUT2D eigenvalue weighted by Crippen LogP contribution is 2.35. The molecule has 0 aliphatic carbocycles. The van der Waals surface area contributed by atoms with E-state index in [1.165, 1.54) is 11.8 Å². The molecule has 0 spiro atoms. The van der Waals surface area contributed by atoms with Crippen LogP contribution in [-0.2, 0) is 6.42 Å². The molecule has 1 fully saturated rings. The minimum absolute atomic E-state index is 0.0773. The monoisotopic (exact) mass is 422 g/mol. The van der Waals surface area contributed by atoms with Gasteiger partial charge in [-0.15, -0.1) is 0 Å². The maximum absolute atomic E-state index is 13.5. The van der Waals surface area contributed by atoms with Crippen molar-refractivity contribution >= 4 is 29.2 Å². The molecule has 3 aromatic rings. The first kappa shape index (κ1) is 19.0. The Kier molecular flexibility index (Phi) is 4.90. The van der Waals surface area contributed by atoms with Crippen molar-refractivity contribution in [3.8, 4) is 11.4 Å². The van der Waals surface area contributed by atoms with Crippen molar-refractivity contribution in [2.75, 3.05) is 29.1 Å². The zero-order chi connectivity index (χ0) is 20.7. The van der Waals surface area contributed by atoms with E-state index >= 15 is 0 Å². The van der Waals surface area contributed by atoms with Crippen LogP contribution < -0.4 is 9.80 Å². The maximum Gasteiger partial charge on any atom is 0.263 e. The van der Waals surface area contributed by atoms with Crippen LogP contribution in [0.15, 0.2) is 40.1 Å². The highest BCUT2D eigenvalue weighted by Gasteiger charge is 2.37. The van der Waals surface area contributed by atoms with Crippen LogP contribution in [0.1, 0.15) is 36.0 Å². The average Bonchev–Trinajstić information content (AvgIpc) is 3.44. The van der Waals surface area contributed by atoms with Gasteiger partial charge in [0.15, 0.2) is 5.16 Å². The standard InChI is InChI=1S/C21H22N6O2S/c1-3-17-23-18(25-29-17)13-6-4-7-14(10-13)27-12-15-8-5-9-26(15)19-16(20(27)28)11-22-21(24-19)30-2/h4,6-7,10-11,15H,3,5,8-9,12H2,1-2H3/t15-/m0/s1. The highest BCUT2D eigenvalue weighted by molar-refractivity contribution is 7.98. The summed E-state index contributed by atoms with van der Waals surface area (Å²) in [5, 5.41) is 4.76. The van der Waals surface area contributed by atoms with Crippen molar-refractivity contribution < 1.29 is 9.32 Å². The molecule has 0 N–H and O–H groups in total. The number of nitrogens with zero attached hydrogens (tertiary/aromatic N) is 6. The molecule has 9 heteroatoms. The zero-order valence-electron chi connectivity index (χ0n) is 16.9. The molecule has 0 saturated carbocycles. The van der Waals surface area contributed by atoms with E-state index in [-0.39, 0.29) is 11.9 Å². The third-order valence-electron chi connectivity index (χ3n) is 5.63. The summed E-state index contributed by atoms with van der Waals surface area (Å²) in [4.78, 5) is 31.1. The number of hydrogen-bond donors (Lipinski definition) is 0. The fraction of sp³-hybridized carbons (Fsp3) is 0.381. The Morgan fingerprint density at radius 2 is 2.20 bits per heavy atom. The summed E-state index contributed by atoms with van der Waals surface area (Å²) in [6, 6.07) is 7.98. The molecule has 30 heavy (non-hydrogen) atoms. The second-order valence-electron chi connectivity index (χ2n) is 7.41. The first-order valence-electron chi connectivity index (χ1n) is 10.1. The number of hydrogen-bond acceptors (Lipinski definition) is 8. The van der Waals surface area contributed by atoms with Gasteiger partial charge in [0.1, 0.15) is 11.4 Å². The van der Waals surface area contributed by atoms with Gasteiger partial charge in [-0.3, -0.25) is 4.79 Å². The average molecular weight is 423 g/mol. The van der Waals surface area contributed by atoms with Gasteiger partial charge in [0.25, 0.3) is 5.91 Å². The van der Waals surface area contributed by atoms with Gasteiger partial charge in [0.2, 0.25) is 11.7 Å². The second-order valence-corrected chi connectivity index (χ2v) is 8.19. The van der Waals surface area contributed by atoms with Crippen molar-refractivity contribution in [1.29, 1.82) is 0 Å². The van der Waals surface area contributed by atoms with Gasteiger partial charge in [0.05, 0.1) is 0 Å². The van der Waals surface area contributed by atoms with E-state index in [9.17, 15) is 4.79 Å². The number of aryl methyl sites for hydroxylation is 1. The number of carbonyl (C=O) groups is 1. The molecule has 0 radical (unpaired) electrons. The number of carbonyl (C=O) groups excluding carboxylic acids is 1. The number of amides is 1. The van der Waals surface area contributed by atoms with Crippen LogP contribution in [0.25, 0.3) is 11.4 Å². The molecule has 4 heterocycles. The maximum atomic E-state index is 13.5. The third-order valence-corrected chi connectivity index (χ3v) is 6.20. The van der Waals surface area contributed by atoms with E-state index in [4.69, 9.17) is 4.52 Å². The topological polar surface area (TPSA) is 88.3 Å². The van der Waals surface area contributed by atoms with Crippen molar-refractivity contribution in [3.05, 3.63) is 41.9 Å². The van der Waals surface area contributed by atoms with Crippen LogP contribution in [0.4, 0.5) is 11.5 Å². The Morgan fingerprint density at radius 3 is 3.00 bits per heavy atom. The smallest absolute Gasteiger partial charge is 0.263 e. The number of aromatic nitrogens is 4. The summed E-state index contributed by atoms with van der Waals surface area (Å²) in [6.45, 7) is 3.49. The number of thioether (sulfide) groups is 1. The number of fused-ring (bicyclic) bond motifs is 3. The Bertz CT molecular complexity index is 1100. The molecule has 8 nitrogen and oxygen atoms in total. The highest BCUT2D eigenvalue weighted by atomic mass is 32.2. The summed E-state index contributed by atoms with van der Waals surface area (Å²) in [6.07, 6.45) is 6.42. The zero-order valence-corrected chi connectivity index (χ0v) is 17.7. The summed E-state index contributed by atoms with van der Waals surface area (Å²) < 4.78 is 5.25. The Labute approximate surface area is 178 Å². The lowest BCUT2D eigenvalue weighted by atomic mass is 10.1. The third kappa shape index (κ3) is 3.23. The molecule has 0 bridgehead atoms. The SMILES string of the molecule is CCc1nc(-c2cccc(N3C[C@@H]4CCCN4c4nc(SC)ncc4C3=O)c2)no1. The molecular weight excluding hydrogens is 400 g/mol. The Hall–Kier alpha value is -2.94. The first-order chi connectivity index (χ1) is 14.7. The van der Waals surface area contributed by atoms with Gasteiger partial charge in [0, 0.05) is 43.0 Å². The van der Waals surface area contributed by atoms with E-state index in [0.29, 0.717) is 35.4 Å². The predicted molar refractivity (Wildman–Crippen MR) is 115 cm³/mol. The molecule has 1 atom stereocenters. The summed E-state index contributed by atoms with van der Waals surface area (Å²) in [5.74, 6) is 1.81. The lowest BCUT2D eigenvalue weighted by Crippen LogP contribution is -2.39. The predicted octanol–water partition coefficient (Wildman–Crippen LogP) is 3.44. The largest absolute Gasteiger partial charge is 0.351 e. The summed E-state index contributed by atoms with van der Waals surface area (Å²) in [7, 11) is 0. The quantitative estimate of drug-likeness (QED) is 0.467. The van der Waals surface area contributed by atoms with Crippen LogP contribution in [0.3, 0.4) is 0 Å². The molecule has 1 saturated heterocycles. The van der Waals surface area contributed by atoms with Gasteiger partial charge in [-0.05, 0) is 31.2 Å². The van der Waals surface area contributed by atoms with E-state index in [1.807, 2.05) is 42.3 Å². The minimum atomic E-state index is -0.0773. The summed E-state index contributed by atoms with van der Waals surface area (Å²) in [5.41, 5.74) is 2.19. The van der Waals surface area contributed by atoms with Gasteiger partial charge < -0.3 is 14.3 Å². The lowest BCUT2D eigenvalue weighted by molar-refractivity contribution is 0.0988. The fourth-order valence-corrected chi connectivity index (χ4v) is 4.46. The molecule has 0 unspecified atom stereocenters. The second kappa shape index (κ2) is 7.71. The van der Waals surface area contributed by atoms with E-state index in [2.05, 4.69) is 25.0 Å². The number of rotatable bonds is 4. The van der Waals surface area contributed by atoms with E-state index in [1.54, 1.807) is 6.20 Å². The van der Waals surface area contributed by atoms with Crippen molar-refractivity contribution in [3.63, 3.8) is 0 Å². The minimum Gasteiger partial charge on any atom is -0.351 e. The molecule has 1 amide bonds. The van der Waals surface area contributed by atoms with Crippen molar-refractivity contribution in [2.24, 2.45) is 0 Å². The Balaban J connectivity index is 1.56. The van der Waals surface area contributed by atoms with Gasteiger partial charge >= 0.3 is 0 Å². The van der Waals surface area contributed by atoms with E-state index in [0.717, 1.165) is 36.5 Å². The molecular formula is C21H22N6O2S. The molecule has 154 valence electrons. The normalized spacial score (nSPS) is 18.3. The van der Waals surface area contributed by atoms with Gasteiger partial charge in [-0.1, -0.05) is 36.0 Å². The number of anilines is 2. The lowest BCUT2D eigenvalue weighted by Gasteiger charge is -2.27. The summed E-state index contributed by atoms with van der Waals surface area (Å²) >= 11 is 1.49. The molecule has 5 rings (SSSR count). The van der Waals surface area contributed by atoms with Crippen molar-refractivity contribution in [1.82, 2.24) is 20.1 Å². The van der Waals surface area contributed by atoms with Gasteiger partial charge in [-0.2, -0.15) is 4.98 Å². The Morgan fingerprint density at radius 1 is 1.30 bits per heavy atom. The molecule has 2 aliphatic heterocycles. The van der Waals surface area contributed by atoms with Crippen LogP contribution in [0.5, 0.6) is 0 Å². The molecule has 1 aromatic carbocycles. The van der Waals surface area contributed by atoms with Crippen LogP contribution in [0, 0.1) is 0 Å². The molecule has 2 aliphatic rings. The van der Waals surface area contributed by atoms with Crippen molar-refractivity contribution in [2.45, 2.75) is 37.4 Å². The molecule has 2 aromatic heterocycles. The van der Waals surface area contributed by atoms with Crippen LogP contribution in [0.2, 0.25) is 0 Å².